The zero-order valence-electron chi connectivity index (χ0n) is 19.1. The van der Waals surface area contributed by atoms with E-state index in [1.165, 1.54) is 0 Å². The van der Waals surface area contributed by atoms with E-state index in [4.69, 9.17) is 4.74 Å². The second kappa shape index (κ2) is 10.7. The molecule has 6 heteroatoms. The maximum Gasteiger partial charge on any atom is 0.248 e. The molecule has 0 saturated heterocycles. The Bertz CT molecular complexity index is 1090. The number of benzene rings is 2. The highest BCUT2D eigenvalue weighted by Gasteiger charge is 2.35. The van der Waals surface area contributed by atoms with Crippen molar-refractivity contribution >= 4 is 28.8 Å². The van der Waals surface area contributed by atoms with Crippen molar-refractivity contribution in [3.8, 4) is 5.75 Å². The Morgan fingerprint density at radius 3 is 2.58 bits per heavy atom. The zero-order chi connectivity index (χ0) is 23.2. The SMILES string of the molecule is COc1cccc([C@H](C(=O)NC2CCCC2)N(C(=O)Cc2cccs2)c2ccccc2C)c1. The fourth-order valence-electron chi connectivity index (χ4n) is 4.48. The molecule has 3 aromatic rings. The molecule has 0 bridgehead atoms. The summed E-state index contributed by atoms with van der Waals surface area (Å²) >= 11 is 1.55. The highest BCUT2D eigenvalue weighted by atomic mass is 32.1. The molecule has 1 atom stereocenters. The number of thiophene rings is 1. The Morgan fingerprint density at radius 1 is 1.09 bits per heavy atom. The van der Waals surface area contributed by atoms with E-state index in [1.807, 2.05) is 73.0 Å². The lowest BCUT2D eigenvalue weighted by molar-refractivity contribution is -0.127. The van der Waals surface area contributed by atoms with Crippen LogP contribution in [0.2, 0.25) is 0 Å². The zero-order valence-corrected chi connectivity index (χ0v) is 19.9. The van der Waals surface area contributed by atoms with Gasteiger partial charge in [-0.2, -0.15) is 0 Å². The minimum absolute atomic E-state index is 0.110. The van der Waals surface area contributed by atoms with Crippen LogP contribution in [0.5, 0.6) is 5.75 Å². The summed E-state index contributed by atoms with van der Waals surface area (Å²) in [5, 5.41) is 5.19. The maximum atomic E-state index is 13.8. The van der Waals surface area contributed by atoms with Gasteiger partial charge in [0, 0.05) is 16.6 Å². The molecule has 4 rings (SSSR count). The lowest BCUT2D eigenvalue weighted by Crippen LogP contribution is -2.47. The summed E-state index contributed by atoms with van der Waals surface area (Å²) in [4.78, 5) is 30.2. The summed E-state index contributed by atoms with van der Waals surface area (Å²) in [5.41, 5.74) is 2.42. The average Bonchev–Trinajstić information content (AvgIpc) is 3.52. The summed E-state index contributed by atoms with van der Waals surface area (Å²) < 4.78 is 5.44. The molecule has 1 aliphatic carbocycles. The van der Waals surface area contributed by atoms with Crippen LogP contribution in [0.1, 0.15) is 47.7 Å². The van der Waals surface area contributed by atoms with Crippen LogP contribution in [-0.4, -0.2) is 25.0 Å². The molecule has 1 aromatic heterocycles. The van der Waals surface area contributed by atoms with Gasteiger partial charge in [0.05, 0.1) is 13.5 Å². The maximum absolute atomic E-state index is 13.8. The summed E-state index contributed by atoms with van der Waals surface area (Å²) in [6.45, 7) is 1.97. The van der Waals surface area contributed by atoms with Crippen LogP contribution in [0.4, 0.5) is 5.69 Å². The number of amides is 2. The molecule has 1 saturated carbocycles. The summed E-state index contributed by atoms with van der Waals surface area (Å²) in [7, 11) is 1.60. The molecule has 1 fully saturated rings. The minimum Gasteiger partial charge on any atom is -0.497 e. The Morgan fingerprint density at radius 2 is 1.88 bits per heavy atom. The molecule has 0 radical (unpaired) electrons. The van der Waals surface area contributed by atoms with E-state index in [2.05, 4.69) is 5.32 Å². The van der Waals surface area contributed by atoms with Gasteiger partial charge in [-0.3, -0.25) is 14.5 Å². The van der Waals surface area contributed by atoms with Crippen molar-refractivity contribution in [3.05, 3.63) is 82.0 Å². The molecule has 0 spiro atoms. The van der Waals surface area contributed by atoms with E-state index in [0.717, 1.165) is 47.4 Å². The predicted molar refractivity (Wildman–Crippen MR) is 133 cm³/mol. The first kappa shape index (κ1) is 23.1. The monoisotopic (exact) mass is 462 g/mol. The highest BCUT2D eigenvalue weighted by molar-refractivity contribution is 7.10. The van der Waals surface area contributed by atoms with Crippen LogP contribution >= 0.6 is 11.3 Å². The van der Waals surface area contributed by atoms with Crippen molar-refractivity contribution in [2.24, 2.45) is 0 Å². The Balaban J connectivity index is 1.79. The topological polar surface area (TPSA) is 58.6 Å². The van der Waals surface area contributed by atoms with Gasteiger partial charge in [0.2, 0.25) is 11.8 Å². The van der Waals surface area contributed by atoms with Crippen molar-refractivity contribution in [3.63, 3.8) is 0 Å². The number of nitrogens with one attached hydrogen (secondary N) is 1. The molecule has 172 valence electrons. The van der Waals surface area contributed by atoms with Gasteiger partial charge in [-0.25, -0.2) is 0 Å². The number of hydrogen-bond acceptors (Lipinski definition) is 4. The van der Waals surface area contributed by atoms with Crippen LogP contribution in [0, 0.1) is 6.92 Å². The van der Waals surface area contributed by atoms with Crippen molar-refractivity contribution in [2.45, 2.75) is 51.1 Å². The van der Waals surface area contributed by atoms with Gasteiger partial charge in [-0.15, -0.1) is 11.3 Å². The Kier molecular flexibility index (Phi) is 7.45. The Hall–Kier alpha value is -3.12. The molecular formula is C27H30N2O3S. The third-order valence-electron chi connectivity index (χ3n) is 6.17. The van der Waals surface area contributed by atoms with Crippen LogP contribution in [-0.2, 0) is 16.0 Å². The number of anilines is 1. The summed E-state index contributed by atoms with van der Waals surface area (Å²) in [5.74, 6) is 0.390. The van der Waals surface area contributed by atoms with Crippen molar-refractivity contribution in [1.29, 1.82) is 0 Å². The molecule has 5 nitrogen and oxygen atoms in total. The largest absolute Gasteiger partial charge is 0.497 e. The smallest absolute Gasteiger partial charge is 0.248 e. The molecule has 1 N–H and O–H groups in total. The molecule has 0 aliphatic heterocycles. The van der Waals surface area contributed by atoms with Crippen LogP contribution in [0.15, 0.2) is 66.0 Å². The van der Waals surface area contributed by atoms with Crippen molar-refractivity contribution in [1.82, 2.24) is 5.32 Å². The summed E-state index contributed by atoms with van der Waals surface area (Å²) in [6.07, 6.45) is 4.43. The predicted octanol–water partition coefficient (Wildman–Crippen LogP) is 5.44. The lowest BCUT2D eigenvalue weighted by Gasteiger charge is -2.33. The number of methoxy groups -OCH3 is 1. The molecular weight excluding hydrogens is 432 g/mol. The van der Waals surface area contributed by atoms with E-state index in [-0.39, 0.29) is 24.3 Å². The number of aryl methyl sites for hydroxylation is 1. The van der Waals surface area contributed by atoms with E-state index >= 15 is 0 Å². The van der Waals surface area contributed by atoms with Gasteiger partial charge in [0.15, 0.2) is 0 Å². The normalized spacial score (nSPS) is 14.6. The van der Waals surface area contributed by atoms with E-state index in [0.29, 0.717) is 5.75 Å². The number of carbonyl (C=O) groups is 2. The molecule has 0 unspecified atom stereocenters. The third kappa shape index (κ3) is 5.45. The van der Waals surface area contributed by atoms with Gasteiger partial charge in [0.25, 0.3) is 0 Å². The van der Waals surface area contributed by atoms with Gasteiger partial charge in [-0.1, -0.05) is 49.2 Å². The lowest BCUT2D eigenvalue weighted by atomic mass is 10.00. The molecule has 2 amide bonds. The van der Waals surface area contributed by atoms with Gasteiger partial charge >= 0.3 is 0 Å². The average molecular weight is 463 g/mol. The first-order valence-corrected chi connectivity index (χ1v) is 12.3. The van der Waals surface area contributed by atoms with Gasteiger partial charge < -0.3 is 10.1 Å². The highest BCUT2D eigenvalue weighted by Crippen LogP contribution is 2.33. The number of nitrogens with zero attached hydrogens (tertiary/aromatic N) is 1. The standard InChI is InChI=1S/C27H30N2O3S/c1-19-9-3-6-15-24(19)29(25(30)18-23-14-8-16-33-23)26(20-10-7-13-22(17-20)32-2)27(31)28-21-11-4-5-12-21/h3,6-10,13-17,21,26H,4-5,11-12,18H2,1-2H3,(H,28,31)/t26-/m1/s1. The van der Waals surface area contributed by atoms with E-state index in [9.17, 15) is 9.59 Å². The third-order valence-corrected chi connectivity index (χ3v) is 7.04. The first-order chi connectivity index (χ1) is 16.1. The Labute approximate surface area is 199 Å². The molecule has 1 heterocycles. The number of ether oxygens (including phenoxy) is 1. The molecule has 2 aromatic carbocycles. The minimum atomic E-state index is -0.797. The second-order valence-corrected chi connectivity index (χ2v) is 9.51. The van der Waals surface area contributed by atoms with Crippen molar-refractivity contribution in [2.75, 3.05) is 12.0 Å². The van der Waals surface area contributed by atoms with Crippen LogP contribution in [0.3, 0.4) is 0 Å². The first-order valence-electron chi connectivity index (χ1n) is 11.4. The molecule has 1 aliphatic rings. The van der Waals surface area contributed by atoms with Crippen LogP contribution < -0.4 is 15.0 Å². The number of carbonyl (C=O) groups excluding carboxylic acids is 2. The van der Waals surface area contributed by atoms with Crippen LogP contribution in [0.25, 0.3) is 0 Å². The quantitative estimate of drug-likeness (QED) is 0.485. The fraction of sp³-hybridized carbons (Fsp3) is 0.333. The fourth-order valence-corrected chi connectivity index (χ4v) is 5.17. The van der Waals surface area contributed by atoms with E-state index < -0.39 is 6.04 Å². The molecule has 33 heavy (non-hydrogen) atoms. The summed E-state index contributed by atoms with van der Waals surface area (Å²) in [6, 6.07) is 18.4. The van der Waals surface area contributed by atoms with Gasteiger partial charge in [0.1, 0.15) is 11.8 Å². The van der Waals surface area contributed by atoms with Crippen molar-refractivity contribution < 1.29 is 14.3 Å². The number of para-hydroxylation sites is 1. The number of rotatable bonds is 8. The van der Waals surface area contributed by atoms with Gasteiger partial charge in [-0.05, 0) is 60.5 Å². The second-order valence-electron chi connectivity index (χ2n) is 8.48. The number of hydrogen-bond donors (Lipinski definition) is 1. The van der Waals surface area contributed by atoms with E-state index in [1.54, 1.807) is 23.3 Å².